The van der Waals surface area contributed by atoms with Gasteiger partial charge in [-0.05, 0) is 53.2 Å². The van der Waals surface area contributed by atoms with E-state index in [-0.39, 0.29) is 0 Å². The third-order valence-corrected chi connectivity index (χ3v) is 40.7. The molecule has 0 radical (unpaired) electrons. The Balaban J connectivity index is 0.000000728. The van der Waals surface area contributed by atoms with E-state index < -0.39 is 35.6 Å². The summed E-state index contributed by atoms with van der Waals surface area (Å²) in [4.78, 5) is 8.42. The summed E-state index contributed by atoms with van der Waals surface area (Å²) in [6.45, 7) is 22.9. The van der Waals surface area contributed by atoms with Crippen LogP contribution in [0.25, 0.3) is 0 Å². The normalized spacial score (nSPS) is 14.9. The first-order chi connectivity index (χ1) is 25.2. The number of unbranched alkanes of at least 4 members (excludes halogenated alkanes) is 6. The Morgan fingerprint density at radius 3 is 1.30 bits per heavy atom. The molecule has 0 spiro atoms. The number of hydrogen-bond acceptors (Lipinski definition) is 9. The van der Waals surface area contributed by atoms with Gasteiger partial charge in [-0.1, -0.05) is 11.8 Å². The van der Waals surface area contributed by atoms with Crippen molar-refractivity contribution in [3.05, 3.63) is 18.6 Å². The maximum absolute atomic E-state index is 6.89. The van der Waals surface area contributed by atoms with E-state index in [9.17, 15) is 0 Å². The van der Waals surface area contributed by atoms with Crippen LogP contribution in [0.4, 0.5) is 0 Å². The molecule has 1 N–H and O–H groups in total. The Morgan fingerprint density at radius 1 is 0.604 bits per heavy atom. The van der Waals surface area contributed by atoms with Crippen LogP contribution in [0.3, 0.4) is 0 Å². The van der Waals surface area contributed by atoms with Gasteiger partial charge in [0.2, 0.25) is 5.16 Å². The van der Waals surface area contributed by atoms with Gasteiger partial charge in [0.15, 0.2) is 0 Å². The first-order valence-electron chi connectivity index (χ1n) is 21.1. The molecule has 3 heterocycles. The van der Waals surface area contributed by atoms with Crippen molar-refractivity contribution in [3.8, 4) is 0 Å². The second-order valence-electron chi connectivity index (χ2n) is 16.3. The fraction of sp³-hybridized carbons (Fsp3) is 0.854. The predicted molar refractivity (Wildman–Crippen MR) is 244 cm³/mol. The van der Waals surface area contributed by atoms with Crippen LogP contribution in [-0.4, -0.2) is 89.6 Å². The molecule has 0 atom stereocenters. The molecule has 53 heavy (non-hydrogen) atoms. The van der Waals surface area contributed by atoms with Crippen LogP contribution >= 0.6 is 32.4 Å². The van der Waals surface area contributed by atoms with Crippen molar-refractivity contribution < 1.29 is 0 Å². The van der Waals surface area contributed by atoms with Crippen LogP contribution in [0.5, 0.6) is 0 Å². The van der Waals surface area contributed by atoms with E-state index in [0.29, 0.717) is 16.2 Å². The molecule has 0 amide bonds. The fourth-order valence-corrected chi connectivity index (χ4v) is 35.8. The molecule has 1 fully saturated rings. The molecule has 0 aromatic carbocycles. The zero-order valence-corrected chi connectivity index (χ0v) is 44.6. The first kappa shape index (κ1) is 53.6. The molecule has 0 bridgehead atoms. The number of hydrogen-bond donors (Lipinski definition) is 1. The van der Waals surface area contributed by atoms with Crippen molar-refractivity contribution in [2.75, 3.05) is 12.5 Å². The Labute approximate surface area is 349 Å². The molecule has 2 aromatic heterocycles. The van der Waals surface area contributed by atoms with Crippen LogP contribution in [-0.2, 0) is 0 Å². The zero-order chi connectivity index (χ0) is 40.1. The summed E-state index contributed by atoms with van der Waals surface area (Å²) in [6, 6.07) is 0. The van der Waals surface area contributed by atoms with Crippen LogP contribution in [0.1, 0.15) is 166 Å². The largest absolute Gasteiger partial charge is 0.228 e. The molecule has 1 aliphatic rings. The van der Waals surface area contributed by atoms with Gasteiger partial charge >= 0.3 is 238 Å². The first-order valence-corrected chi connectivity index (χ1v) is 40.7. The van der Waals surface area contributed by atoms with Crippen LogP contribution in [0.15, 0.2) is 28.9 Å². The van der Waals surface area contributed by atoms with Gasteiger partial charge in [-0.3, -0.25) is 0 Å². The van der Waals surface area contributed by atoms with Crippen LogP contribution < -0.4 is 9.03 Å². The molecule has 3 rings (SSSR count). The van der Waals surface area contributed by atoms with Gasteiger partial charge in [0.05, 0.1) is 12.4 Å². The Kier molecular flexibility index (Phi) is 31.9. The Bertz CT molecular complexity index is 1070. The summed E-state index contributed by atoms with van der Waals surface area (Å²) in [5.74, 6) is 0. The Hall–Kier alpha value is 0.567. The van der Waals surface area contributed by atoms with Crippen LogP contribution in [0.2, 0.25) is 26.6 Å². The van der Waals surface area contributed by atoms with Crippen molar-refractivity contribution >= 4 is 71.8 Å². The summed E-state index contributed by atoms with van der Waals surface area (Å²) in [7, 11) is 6.89. The van der Waals surface area contributed by atoms with E-state index in [4.69, 9.17) is 8.92 Å². The van der Waals surface area contributed by atoms with Gasteiger partial charge in [-0.25, -0.2) is 4.98 Å². The molecule has 12 heteroatoms. The predicted octanol–water partition coefficient (Wildman–Crippen LogP) is 13.1. The number of nitrogens with one attached hydrogen (secondary N) is 1. The van der Waals surface area contributed by atoms with Gasteiger partial charge in [-0.2, -0.15) is 5.10 Å². The SMILES string of the molecule is CC1(C)CCCC(C)(C)N1.CCC[CH2][Sn]([CH2]CCC)([CH2]CCC)[c]1cnc(SC)nn1.CCC[CH2][Sn]([Cl])([CH2]CCC)[CH2]CCC.CSc1nccnn1. The summed E-state index contributed by atoms with van der Waals surface area (Å²) < 4.78 is 9.89. The minimum atomic E-state index is -2.39. The zero-order valence-electron chi connectivity index (χ0n) is 36.5. The summed E-state index contributed by atoms with van der Waals surface area (Å²) >= 11 is -1.42. The van der Waals surface area contributed by atoms with Gasteiger partial charge in [-0.15, -0.1) is 5.10 Å². The number of halogens is 1. The summed E-state index contributed by atoms with van der Waals surface area (Å²) in [5, 5.41) is 21.5. The molecule has 0 saturated carbocycles. The van der Waals surface area contributed by atoms with E-state index in [0.717, 1.165) is 5.16 Å². The molecule has 0 aliphatic carbocycles. The van der Waals surface area contributed by atoms with E-state index in [1.54, 1.807) is 24.2 Å². The molecular formula is C41H82ClN7S2Sn2. The maximum Gasteiger partial charge on any atom is 0.208 e. The second-order valence-corrected chi connectivity index (χ2v) is 47.1. The van der Waals surface area contributed by atoms with E-state index in [1.165, 1.54) is 138 Å². The van der Waals surface area contributed by atoms with Gasteiger partial charge < -0.3 is 5.32 Å². The second kappa shape index (κ2) is 31.5. The van der Waals surface area contributed by atoms with Crippen molar-refractivity contribution in [1.82, 2.24) is 35.7 Å². The smallest absolute Gasteiger partial charge is 0.208 e. The quantitative estimate of drug-likeness (QED) is 0.0970. The van der Waals surface area contributed by atoms with Crippen molar-refractivity contribution in [2.45, 2.75) is 214 Å². The molecule has 308 valence electrons. The number of nitrogens with zero attached hydrogens (tertiary/aromatic N) is 6. The number of thioether (sulfide) groups is 2. The Morgan fingerprint density at radius 2 is 1.02 bits per heavy atom. The topological polar surface area (TPSA) is 89.4 Å². The van der Waals surface area contributed by atoms with Crippen LogP contribution in [0, 0.1) is 0 Å². The standard InChI is InChI=1S/C9H19N.C4H5N3S.C4H4N3S.6C4H9.ClH.2Sn/c1-8(2)6-5-7-9(3,4)10-8;2*1-8-4-5-2-3-6-7-4;6*1-3-4-2;;;/h10H,5-7H2,1-4H3;2-3H,1H3;2H,1H3;6*1,3-4H2,2H3;1H;;/q;;;;;;;;;;;+1/p-1. The number of piperidine rings is 1. The minimum absolute atomic E-state index is 0.363. The fourth-order valence-electron chi connectivity index (χ4n) is 7.10. The van der Waals surface area contributed by atoms with Gasteiger partial charge in [0, 0.05) is 11.1 Å². The monoisotopic (exact) mass is 1010 g/mol. The number of aromatic nitrogens is 6. The van der Waals surface area contributed by atoms with E-state index in [1.807, 2.05) is 12.5 Å². The molecular weight excluding hydrogens is 928 g/mol. The maximum atomic E-state index is 6.89. The average Bonchev–Trinajstić information content (AvgIpc) is 3.15. The van der Waals surface area contributed by atoms with Crippen molar-refractivity contribution in [2.24, 2.45) is 0 Å². The molecule has 0 unspecified atom stereocenters. The van der Waals surface area contributed by atoms with Crippen molar-refractivity contribution in [3.63, 3.8) is 0 Å². The molecule has 2 aromatic rings. The minimum Gasteiger partial charge on any atom is -0.228 e. The molecule has 1 saturated heterocycles. The summed E-state index contributed by atoms with van der Waals surface area (Å²) in [6.07, 6.45) is 29.2. The van der Waals surface area contributed by atoms with Gasteiger partial charge in [0.1, 0.15) is 0 Å². The average molecular weight is 1010 g/mol. The van der Waals surface area contributed by atoms with Crippen molar-refractivity contribution in [1.29, 1.82) is 0 Å². The summed E-state index contributed by atoms with van der Waals surface area (Å²) in [5.41, 5.74) is 0.726. The van der Waals surface area contributed by atoms with E-state index >= 15 is 0 Å². The number of rotatable bonds is 21. The van der Waals surface area contributed by atoms with Gasteiger partial charge in [0.25, 0.3) is 0 Å². The molecule has 1 aliphatic heterocycles. The van der Waals surface area contributed by atoms with E-state index in [2.05, 4.69) is 111 Å². The third kappa shape index (κ3) is 25.5. The molecule has 7 nitrogen and oxygen atoms in total. The third-order valence-electron chi connectivity index (χ3n) is 10.2.